The van der Waals surface area contributed by atoms with E-state index >= 15 is 0 Å². The van der Waals surface area contributed by atoms with Gasteiger partial charge in [-0.15, -0.1) is 0 Å². The molecule has 0 unspecified atom stereocenters. The topological polar surface area (TPSA) is 59.0 Å². The standard InChI is InChI=1S/C20H20ClFN4O/c1-26-13-12-23-19(26)18(16-4-2-3-5-17(16)22)25-20(27)24-11-10-14-6-8-15(21)9-7-14/h2-9,12-13,18H,10-11H2,1H3,(H2,24,25,27)/t18-/m1/s1. The third-order valence-electron chi connectivity index (χ3n) is 4.22. The van der Waals surface area contributed by atoms with E-state index in [0.717, 1.165) is 5.56 Å². The Bertz CT molecular complexity index is 910. The maximum absolute atomic E-state index is 14.3. The van der Waals surface area contributed by atoms with Crippen LogP contribution in [0.1, 0.15) is 23.0 Å². The molecule has 5 nitrogen and oxygen atoms in total. The van der Waals surface area contributed by atoms with E-state index in [1.807, 2.05) is 24.3 Å². The predicted molar refractivity (Wildman–Crippen MR) is 103 cm³/mol. The highest BCUT2D eigenvalue weighted by Crippen LogP contribution is 2.22. The number of hydrogen-bond acceptors (Lipinski definition) is 2. The average molecular weight is 387 g/mol. The summed E-state index contributed by atoms with van der Waals surface area (Å²) in [5, 5.41) is 6.30. The van der Waals surface area contributed by atoms with E-state index in [4.69, 9.17) is 11.6 Å². The fourth-order valence-corrected chi connectivity index (χ4v) is 2.93. The number of nitrogens with zero attached hydrogens (tertiary/aromatic N) is 2. The number of nitrogens with one attached hydrogen (secondary N) is 2. The first-order valence-corrected chi connectivity index (χ1v) is 8.93. The number of benzene rings is 2. The van der Waals surface area contributed by atoms with Crippen molar-refractivity contribution in [1.29, 1.82) is 0 Å². The number of aryl methyl sites for hydroxylation is 1. The molecule has 0 saturated heterocycles. The molecule has 0 radical (unpaired) electrons. The van der Waals surface area contributed by atoms with Gasteiger partial charge in [0.05, 0.1) is 0 Å². The molecule has 0 aliphatic rings. The minimum atomic E-state index is -0.693. The summed E-state index contributed by atoms with van der Waals surface area (Å²) in [5.74, 6) is 0.153. The molecule has 0 saturated carbocycles. The molecule has 7 heteroatoms. The van der Waals surface area contributed by atoms with Crippen LogP contribution in [0, 0.1) is 5.82 Å². The van der Waals surface area contributed by atoms with Gasteiger partial charge in [-0.25, -0.2) is 14.2 Å². The summed E-state index contributed by atoms with van der Waals surface area (Å²) in [4.78, 5) is 16.7. The molecule has 140 valence electrons. The van der Waals surface area contributed by atoms with Crippen molar-refractivity contribution in [2.75, 3.05) is 6.54 Å². The Hall–Kier alpha value is -2.86. The van der Waals surface area contributed by atoms with E-state index in [-0.39, 0.29) is 6.03 Å². The smallest absolute Gasteiger partial charge is 0.315 e. The Morgan fingerprint density at radius 2 is 1.96 bits per heavy atom. The van der Waals surface area contributed by atoms with Crippen molar-refractivity contribution in [3.05, 3.63) is 88.7 Å². The van der Waals surface area contributed by atoms with Crippen molar-refractivity contribution in [2.45, 2.75) is 12.5 Å². The van der Waals surface area contributed by atoms with Crippen LogP contribution in [0.5, 0.6) is 0 Å². The molecule has 1 aromatic heterocycles. The zero-order valence-corrected chi connectivity index (χ0v) is 15.6. The number of aromatic nitrogens is 2. The summed E-state index contributed by atoms with van der Waals surface area (Å²) in [6, 6.07) is 12.7. The molecule has 0 bridgehead atoms. The number of halogens is 2. The summed E-state index contributed by atoms with van der Waals surface area (Å²) in [6.07, 6.45) is 4.03. The average Bonchev–Trinajstić information content (AvgIpc) is 3.08. The molecule has 0 spiro atoms. The van der Waals surface area contributed by atoms with Crippen molar-refractivity contribution < 1.29 is 9.18 Å². The Balaban J connectivity index is 1.67. The first-order chi connectivity index (χ1) is 13.0. The molecule has 0 aliphatic heterocycles. The first-order valence-electron chi connectivity index (χ1n) is 8.55. The summed E-state index contributed by atoms with van der Waals surface area (Å²) in [7, 11) is 1.80. The van der Waals surface area contributed by atoms with E-state index < -0.39 is 11.9 Å². The molecule has 1 atom stereocenters. The highest BCUT2D eigenvalue weighted by Gasteiger charge is 2.23. The highest BCUT2D eigenvalue weighted by atomic mass is 35.5. The maximum atomic E-state index is 14.3. The van der Waals surface area contributed by atoms with Crippen LogP contribution in [-0.4, -0.2) is 22.1 Å². The second-order valence-electron chi connectivity index (χ2n) is 6.13. The van der Waals surface area contributed by atoms with Crippen LogP contribution in [-0.2, 0) is 13.5 Å². The Morgan fingerprint density at radius 3 is 2.63 bits per heavy atom. The molecule has 2 amide bonds. The van der Waals surface area contributed by atoms with E-state index in [1.54, 1.807) is 42.2 Å². The van der Waals surface area contributed by atoms with Gasteiger partial charge in [0.25, 0.3) is 0 Å². The zero-order chi connectivity index (χ0) is 19.2. The van der Waals surface area contributed by atoms with Crippen LogP contribution < -0.4 is 10.6 Å². The van der Waals surface area contributed by atoms with E-state index in [2.05, 4.69) is 15.6 Å². The molecule has 2 aromatic carbocycles. The van der Waals surface area contributed by atoms with Crippen LogP contribution in [0.25, 0.3) is 0 Å². The minimum absolute atomic E-state index is 0.361. The molecule has 1 heterocycles. The monoisotopic (exact) mass is 386 g/mol. The number of amides is 2. The van der Waals surface area contributed by atoms with Crippen molar-refractivity contribution in [3.8, 4) is 0 Å². The van der Waals surface area contributed by atoms with Gasteiger partial charge < -0.3 is 15.2 Å². The van der Waals surface area contributed by atoms with E-state index in [9.17, 15) is 9.18 Å². The van der Waals surface area contributed by atoms with Gasteiger partial charge in [-0.2, -0.15) is 0 Å². The van der Waals surface area contributed by atoms with Gasteiger partial charge in [0, 0.05) is 36.6 Å². The number of rotatable bonds is 6. The molecule has 27 heavy (non-hydrogen) atoms. The Labute approximate surface area is 162 Å². The summed E-state index contributed by atoms with van der Waals surface area (Å²) < 4.78 is 16.1. The highest BCUT2D eigenvalue weighted by molar-refractivity contribution is 6.30. The maximum Gasteiger partial charge on any atom is 0.315 e. The lowest BCUT2D eigenvalue weighted by Gasteiger charge is -2.20. The van der Waals surface area contributed by atoms with Gasteiger partial charge in [0.2, 0.25) is 0 Å². The number of carbonyl (C=O) groups is 1. The van der Waals surface area contributed by atoms with Crippen molar-refractivity contribution in [3.63, 3.8) is 0 Å². The number of urea groups is 1. The van der Waals surface area contributed by atoms with Crippen LogP contribution in [0.15, 0.2) is 60.9 Å². The molecule has 0 fully saturated rings. The number of hydrogen-bond donors (Lipinski definition) is 2. The van der Waals surface area contributed by atoms with E-state index in [1.165, 1.54) is 6.07 Å². The van der Waals surface area contributed by atoms with Gasteiger partial charge in [-0.1, -0.05) is 41.9 Å². The van der Waals surface area contributed by atoms with Crippen LogP contribution in [0.3, 0.4) is 0 Å². The van der Waals surface area contributed by atoms with Crippen molar-refractivity contribution in [2.24, 2.45) is 7.05 Å². The molecular weight excluding hydrogens is 367 g/mol. The third kappa shape index (κ3) is 4.86. The third-order valence-corrected chi connectivity index (χ3v) is 4.47. The first kappa shape index (κ1) is 18.9. The quantitative estimate of drug-likeness (QED) is 0.676. The molecule has 0 aliphatic carbocycles. The number of carbonyl (C=O) groups excluding carboxylic acids is 1. The van der Waals surface area contributed by atoms with Gasteiger partial charge in [-0.05, 0) is 30.2 Å². The van der Waals surface area contributed by atoms with Gasteiger partial charge in [-0.3, -0.25) is 0 Å². The van der Waals surface area contributed by atoms with E-state index in [0.29, 0.717) is 29.4 Å². The minimum Gasteiger partial charge on any atom is -0.338 e. The van der Waals surface area contributed by atoms with Gasteiger partial charge in [0.15, 0.2) is 0 Å². The lowest BCUT2D eigenvalue weighted by Crippen LogP contribution is -2.40. The predicted octanol–water partition coefficient (Wildman–Crippen LogP) is 3.84. The Morgan fingerprint density at radius 1 is 1.22 bits per heavy atom. The second kappa shape index (κ2) is 8.68. The van der Waals surface area contributed by atoms with Gasteiger partial charge in [0.1, 0.15) is 17.7 Å². The molecular formula is C20H20ClFN4O. The SMILES string of the molecule is Cn1ccnc1[C@H](NC(=O)NCCc1ccc(Cl)cc1)c1ccccc1F. The summed E-state index contributed by atoms with van der Waals surface area (Å²) in [6.45, 7) is 0.442. The van der Waals surface area contributed by atoms with Crippen LogP contribution >= 0.6 is 11.6 Å². The Kier molecular flexibility index (Phi) is 6.08. The fraction of sp³-hybridized carbons (Fsp3) is 0.200. The molecule has 3 rings (SSSR count). The van der Waals surface area contributed by atoms with Crippen LogP contribution in [0.4, 0.5) is 9.18 Å². The largest absolute Gasteiger partial charge is 0.338 e. The summed E-state index contributed by atoms with van der Waals surface area (Å²) >= 11 is 5.87. The van der Waals surface area contributed by atoms with Crippen LogP contribution in [0.2, 0.25) is 5.02 Å². The molecule has 3 aromatic rings. The zero-order valence-electron chi connectivity index (χ0n) is 14.8. The molecule has 2 N–H and O–H groups in total. The second-order valence-corrected chi connectivity index (χ2v) is 6.56. The van der Waals surface area contributed by atoms with Gasteiger partial charge >= 0.3 is 6.03 Å². The van der Waals surface area contributed by atoms with Crippen molar-refractivity contribution >= 4 is 17.6 Å². The van der Waals surface area contributed by atoms with Crippen molar-refractivity contribution in [1.82, 2.24) is 20.2 Å². The summed E-state index contributed by atoms with van der Waals surface area (Å²) in [5.41, 5.74) is 1.43. The normalized spacial score (nSPS) is 11.8. The fourth-order valence-electron chi connectivity index (χ4n) is 2.80. The number of imidazole rings is 1. The lowest BCUT2D eigenvalue weighted by atomic mass is 10.1. The lowest BCUT2D eigenvalue weighted by molar-refractivity contribution is 0.238.